The minimum atomic E-state index is -0.225. The number of amides is 2. The normalized spacial score (nSPS) is 10.4. The highest BCUT2D eigenvalue weighted by molar-refractivity contribution is 5.84. The van der Waals surface area contributed by atoms with E-state index in [1.54, 1.807) is 18.0 Å². The lowest BCUT2D eigenvalue weighted by atomic mass is 10.2. The summed E-state index contributed by atoms with van der Waals surface area (Å²) in [6, 6.07) is 9.77. The monoisotopic (exact) mass is 330 g/mol. The van der Waals surface area contributed by atoms with Gasteiger partial charge >= 0.3 is 0 Å². The third kappa shape index (κ3) is 5.85. The van der Waals surface area contributed by atoms with E-state index in [-0.39, 0.29) is 18.4 Å². The predicted molar refractivity (Wildman–Crippen MR) is 89.8 cm³/mol. The summed E-state index contributed by atoms with van der Waals surface area (Å²) in [5.41, 5.74) is 1.94. The average Bonchev–Trinajstić information content (AvgIpc) is 3.08. The van der Waals surface area contributed by atoms with Crippen LogP contribution in [0, 0.1) is 0 Å². The summed E-state index contributed by atoms with van der Waals surface area (Å²) in [6.07, 6.45) is 4.54. The minimum absolute atomic E-state index is 0.0220. The zero-order chi connectivity index (χ0) is 17.2. The Morgan fingerprint density at radius 1 is 1.17 bits per heavy atom. The largest absolute Gasteiger partial charge is 0.383 e. The van der Waals surface area contributed by atoms with Gasteiger partial charge in [0.25, 0.3) is 0 Å². The number of nitrogens with one attached hydrogen (secondary N) is 2. The Balaban J connectivity index is 1.71. The summed E-state index contributed by atoms with van der Waals surface area (Å²) >= 11 is 0. The second kappa shape index (κ2) is 9.46. The van der Waals surface area contributed by atoms with Gasteiger partial charge in [-0.3, -0.25) is 9.59 Å². The van der Waals surface area contributed by atoms with Gasteiger partial charge in [-0.25, -0.2) is 4.68 Å². The third-order valence-corrected chi connectivity index (χ3v) is 3.37. The van der Waals surface area contributed by atoms with Crippen molar-refractivity contribution in [3.05, 3.63) is 48.3 Å². The Morgan fingerprint density at radius 3 is 2.71 bits per heavy atom. The van der Waals surface area contributed by atoms with Gasteiger partial charge in [0.2, 0.25) is 11.8 Å². The van der Waals surface area contributed by atoms with Crippen LogP contribution < -0.4 is 10.6 Å². The predicted octanol–water partition coefficient (Wildman–Crippen LogP) is 0.684. The van der Waals surface area contributed by atoms with Crippen LogP contribution in [0.4, 0.5) is 0 Å². The lowest BCUT2D eigenvalue weighted by Crippen LogP contribution is -2.38. The number of para-hydroxylation sites is 1. The number of ether oxygens (including phenoxy) is 1. The van der Waals surface area contributed by atoms with Crippen molar-refractivity contribution < 1.29 is 14.3 Å². The summed E-state index contributed by atoms with van der Waals surface area (Å²) in [5.74, 6) is -0.387. The van der Waals surface area contributed by atoms with Crippen LogP contribution >= 0.6 is 0 Å². The number of hydrogen-bond acceptors (Lipinski definition) is 4. The van der Waals surface area contributed by atoms with Gasteiger partial charge in [0.15, 0.2) is 0 Å². The van der Waals surface area contributed by atoms with Crippen molar-refractivity contribution in [2.24, 2.45) is 0 Å². The molecule has 1 heterocycles. The number of nitrogens with zero attached hydrogens (tertiary/aromatic N) is 2. The molecule has 0 fully saturated rings. The molecule has 7 nitrogen and oxygen atoms in total. The van der Waals surface area contributed by atoms with Crippen LogP contribution in [0.2, 0.25) is 0 Å². The van der Waals surface area contributed by atoms with Crippen molar-refractivity contribution in [1.29, 1.82) is 0 Å². The maximum absolute atomic E-state index is 11.8. The number of methoxy groups -OCH3 is 1. The second-order valence-electron chi connectivity index (χ2n) is 5.25. The van der Waals surface area contributed by atoms with Gasteiger partial charge in [0.1, 0.15) is 0 Å². The first-order chi connectivity index (χ1) is 11.7. The van der Waals surface area contributed by atoms with E-state index in [0.29, 0.717) is 26.0 Å². The van der Waals surface area contributed by atoms with Gasteiger partial charge in [0.05, 0.1) is 25.0 Å². The minimum Gasteiger partial charge on any atom is -0.383 e. The van der Waals surface area contributed by atoms with Crippen molar-refractivity contribution in [3.63, 3.8) is 0 Å². The highest BCUT2D eigenvalue weighted by Crippen LogP contribution is 2.08. The summed E-state index contributed by atoms with van der Waals surface area (Å²) in [4.78, 5) is 23.2. The summed E-state index contributed by atoms with van der Waals surface area (Å²) in [5, 5.41) is 9.53. The molecule has 0 aliphatic rings. The molecule has 2 rings (SSSR count). The number of carbonyl (C=O) groups is 2. The molecule has 1 aromatic carbocycles. The van der Waals surface area contributed by atoms with Crippen molar-refractivity contribution in [2.75, 3.05) is 26.8 Å². The van der Waals surface area contributed by atoms with Crippen molar-refractivity contribution >= 4 is 11.8 Å². The Bertz CT molecular complexity index is 655. The molecule has 0 unspecified atom stereocenters. The lowest BCUT2D eigenvalue weighted by molar-refractivity contribution is -0.126. The van der Waals surface area contributed by atoms with Crippen LogP contribution in [0.25, 0.3) is 5.69 Å². The molecule has 24 heavy (non-hydrogen) atoms. The van der Waals surface area contributed by atoms with Gasteiger partial charge in [-0.1, -0.05) is 18.2 Å². The van der Waals surface area contributed by atoms with E-state index in [9.17, 15) is 9.59 Å². The van der Waals surface area contributed by atoms with Crippen LogP contribution in [0.15, 0.2) is 42.7 Å². The van der Waals surface area contributed by atoms with Gasteiger partial charge in [-0.05, 0) is 24.1 Å². The van der Waals surface area contributed by atoms with E-state index >= 15 is 0 Å². The summed E-state index contributed by atoms with van der Waals surface area (Å²) in [6.45, 7) is 0.862. The van der Waals surface area contributed by atoms with Gasteiger partial charge in [-0.2, -0.15) is 5.10 Å². The molecule has 0 aliphatic heterocycles. The molecule has 0 atom stereocenters. The molecule has 0 saturated carbocycles. The zero-order valence-electron chi connectivity index (χ0n) is 13.7. The first-order valence-electron chi connectivity index (χ1n) is 7.80. The van der Waals surface area contributed by atoms with E-state index < -0.39 is 0 Å². The smallest absolute Gasteiger partial charge is 0.239 e. The van der Waals surface area contributed by atoms with Crippen LogP contribution in [-0.2, 0) is 20.7 Å². The SMILES string of the molecule is COCCNC(=O)CNC(=O)CCc1cnn(-c2ccccc2)c1. The number of aryl methyl sites for hydroxylation is 1. The molecule has 0 radical (unpaired) electrons. The first-order valence-corrected chi connectivity index (χ1v) is 7.80. The van der Waals surface area contributed by atoms with Crippen molar-refractivity contribution in [3.8, 4) is 5.69 Å². The van der Waals surface area contributed by atoms with E-state index in [4.69, 9.17) is 4.74 Å². The number of hydrogen-bond donors (Lipinski definition) is 2. The highest BCUT2D eigenvalue weighted by atomic mass is 16.5. The summed E-state index contributed by atoms with van der Waals surface area (Å²) < 4.78 is 6.60. The Labute approximate surface area is 141 Å². The molecule has 0 spiro atoms. The Hall–Kier alpha value is -2.67. The Kier molecular flexibility index (Phi) is 6.97. The maximum atomic E-state index is 11.8. The van der Waals surface area contributed by atoms with Crippen LogP contribution in [-0.4, -0.2) is 48.4 Å². The molecule has 0 saturated heterocycles. The van der Waals surface area contributed by atoms with Crippen molar-refractivity contribution in [1.82, 2.24) is 20.4 Å². The summed E-state index contributed by atoms with van der Waals surface area (Å²) in [7, 11) is 1.56. The van der Waals surface area contributed by atoms with E-state index in [2.05, 4.69) is 15.7 Å². The fourth-order valence-electron chi connectivity index (χ4n) is 2.09. The molecule has 2 amide bonds. The van der Waals surface area contributed by atoms with E-state index in [1.807, 2.05) is 36.5 Å². The van der Waals surface area contributed by atoms with Gasteiger partial charge in [-0.15, -0.1) is 0 Å². The molecule has 2 aromatic rings. The molecular weight excluding hydrogens is 308 g/mol. The van der Waals surface area contributed by atoms with Gasteiger partial charge < -0.3 is 15.4 Å². The molecule has 128 valence electrons. The second-order valence-corrected chi connectivity index (χ2v) is 5.25. The average molecular weight is 330 g/mol. The third-order valence-electron chi connectivity index (χ3n) is 3.37. The topological polar surface area (TPSA) is 85.2 Å². The van der Waals surface area contributed by atoms with E-state index in [1.165, 1.54) is 0 Å². The fraction of sp³-hybridized carbons (Fsp3) is 0.353. The van der Waals surface area contributed by atoms with Gasteiger partial charge in [0, 0.05) is 26.3 Å². The molecule has 7 heteroatoms. The number of aromatic nitrogens is 2. The molecule has 0 aliphatic carbocycles. The fourth-order valence-corrected chi connectivity index (χ4v) is 2.09. The first kappa shape index (κ1) is 17.7. The molecule has 0 bridgehead atoms. The number of rotatable bonds is 9. The lowest BCUT2D eigenvalue weighted by Gasteiger charge is -2.06. The Morgan fingerprint density at radius 2 is 1.96 bits per heavy atom. The number of benzene rings is 1. The zero-order valence-corrected chi connectivity index (χ0v) is 13.7. The maximum Gasteiger partial charge on any atom is 0.239 e. The quantitative estimate of drug-likeness (QED) is 0.662. The highest BCUT2D eigenvalue weighted by Gasteiger charge is 2.07. The molecule has 1 aromatic heterocycles. The van der Waals surface area contributed by atoms with Crippen molar-refractivity contribution in [2.45, 2.75) is 12.8 Å². The van der Waals surface area contributed by atoms with E-state index in [0.717, 1.165) is 11.3 Å². The standard InChI is InChI=1S/C17H22N4O3/c1-24-10-9-18-17(23)12-19-16(22)8-7-14-11-20-21(13-14)15-5-3-2-4-6-15/h2-6,11,13H,7-10,12H2,1H3,(H,18,23)(H,19,22). The van der Waals surface area contributed by atoms with Crippen LogP contribution in [0.5, 0.6) is 0 Å². The van der Waals surface area contributed by atoms with Crippen LogP contribution in [0.1, 0.15) is 12.0 Å². The van der Waals surface area contributed by atoms with Crippen LogP contribution in [0.3, 0.4) is 0 Å². The number of carbonyl (C=O) groups excluding carboxylic acids is 2. The molecular formula is C17H22N4O3. The molecule has 2 N–H and O–H groups in total.